The summed E-state index contributed by atoms with van der Waals surface area (Å²) in [6, 6.07) is 6.60. The van der Waals surface area contributed by atoms with Gasteiger partial charge in [-0.15, -0.1) is 0 Å². The van der Waals surface area contributed by atoms with Gasteiger partial charge in [-0.2, -0.15) is 0 Å². The minimum atomic E-state index is -0.304. The second kappa shape index (κ2) is 10.9. The Morgan fingerprint density at radius 2 is 1.85 bits per heavy atom. The molecule has 0 atom stereocenters. The van der Waals surface area contributed by atoms with Gasteiger partial charge in [-0.3, -0.25) is 10.0 Å². The number of unbranched alkanes of at least 4 members (excludes halogenated alkanes) is 3. The fraction of sp³-hybridized carbons (Fsp3) is 0.619. The van der Waals surface area contributed by atoms with Crippen LogP contribution >= 0.6 is 0 Å². The maximum atomic E-state index is 11.0. The van der Waals surface area contributed by atoms with Crippen LogP contribution in [0.4, 0.5) is 5.69 Å². The minimum absolute atomic E-state index is 0.304. The van der Waals surface area contributed by atoms with E-state index in [-0.39, 0.29) is 5.91 Å². The van der Waals surface area contributed by atoms with Crippen molar-refractivity contribution < 1.29 is 10.0 Å². The Balaban J connectivity index is 1.96. The van der Waals surface area contributed by atoms with Crippen molar-refractivity contribution in [1.29, 1.82) is 0 Å². The van der Waals surface area contributed by atoms with Crippen molar-refractivity contribution in [2.24, 2.45) is 7.05 Å². The van der Waals surface area contributed by atoms with Crippen molar-refractivity contribution in [3.8, 4) is 0 Å². The van der Waals surface area contributed by atoms with Gasteiger partial charge in [-0.25, -0.2) is 10.5 Å². The molecule has 0 spiro atoms. The summed E-state index contributed by atoms with van der Waals surface area (Å²) in [5.41, 5.74) is 5.21. The number of nitrogens with one attached hydrogen (secondary N) is 1. The van der Waals surface area contributed by atoms with Crippen molar-refractivity contribution in [1.82, 2.24) is 15.0 Å². The van der Waals surface area contributed by atoms with Crippen molar-refractivity contribution in [3.05, 3.63) is 24.0 Å². The van der Waals surface area contributed by atoms with E-state index < -0.39 is 0 Å². The highest BCUT2D eigenvalue weighted by Gasteiger charge is 2.11. The SMILES string of the molecule is CCCN(CCC)c1ccc2nc(CCCCCCC(=O)NO)n(C)c2c1. The number of hydrogen-bond acceptors (Lipinski definition) is 4. The Bertz CT molecular complexity index is 720. The van der Waals surface area contributed by atoms with Crippen LogP contribution in [0.3, 0.4) is 0 Å². The van der Waals surface area contributed by atoms with Gasteiger partial charge in [0.2, 0.25) is 5.91 Å². The molecular weight excluding hydrogens is 340 g/mol. The van der Waals surface area contributed by atoms with Crippen LogP contribution < -0.4 is 10.4 Å². The summed E-state index contributed by atoms with van der Waals surface area (Å²) in [7, 11) is 2.10. The minimum Gasteiger partial charge on any atom is -0.371 e. The molecule has 6 nitrogen and oxygen atoms in total. The first-order valence-corrected chi connectivity index (χ1v) is 10.2. The third-order valence-electron chi connectivity index (χ3n) is 4.99. The van der Waals surface area contributed by atoms with Crippen molar-refractivity contribution in [2.45, 2.75) is 65.2 Å². The maximum Gasteiger partial charge on any atom is 0.243 e. The largest absolute Gasteiger partial charge is 0.371 e. The molecule has 150 valence electrons. The molecule has 0 aliphatic rings. The molecule has 0 radical (unpaired) electrons. The number of rotatable bonds is 12. The van der Waals surface area contributed by atoms with E-state index in [0.29, 0.717) is 6.42 Å². The number of hydroxylamine groups is 1. The van der Waals surface area contributed by atoms with Crippen molar-refractivity contribution in [2.75, 3.05) is 18.0 Å². The zero-order chi connectivity index (χ0) is 19.6. The predicted octanol–water partition coefficient (Wildman–Crippen LogP) is 4.20. The summed E-state index contributed by atoms with van der Waals surface area (Å²) in [5, 5.41) is 8.49. The molecule has 27 heavy (non-hydrogen) atoms. The number of aryl methyl sites for hydroxylation is 2. The van der Waals surface area contributed by atoms with E-state index in [1.807, 2.05) is 0 Å². The number of aromatic nitrogens is 2. The van der Waals surface area contributed by atoms with E-state index >= 15 is 0 Å². The zero-order valence-electron chi connectivity index (χ0n) is 17.0. The summed E-state index contributed by atoms with van der Waals surface area (Å²) in [5.74, 6) is 0.814. The van der Waals surface area contributed by atoms with E-state index in [9.17, 15) is 4.79 Å². The van der Waals surface area contributed by atoms with Gasteiger partial charge < -0.3 is 9.47 Å². The molecule has 0 saturated carbocycles. The van der Waals surface area contributed by atoms with Gasteiger partial charge >= 0.3 is 0 Å². The molecule has 0 bridgehead atoms. The second-order valence-electron chi connectivity index (χ2n) is 7.20. The fourth-order valence-corrected chi connectivity index (χ4v) is 3.54. The van der Waals surface area contributed by atoms with E-state index in [2.05, 4.69) is 48.6 Å². The van der Waals surface area contributed by atoms with Crippen LogP contribution in [0.25, 0.3) is 11.0 Å². The zero-order valence-corrected chi connectivity index (χ0v) is 17.0. The number of fused-ring (bicyclic) bond motifs is 1. The molecule has 0 aliphatic carbocycles. The van der Waals surface area contributed by atoms with Crippen LogP contribution in [-0.4, -0.2) is 33.8 Å². The van der Waals surface area contributed by atoms with Crippen LogP contribution in [0, 0.1) is 0 Å². The molecule has 2 aromatic rings. The Hall–Kier alpha value is -2.08. The topological polar surface area (TPSA) is 70.4 Å². The van der Waals surface area contributed by atoms with Crippen molar-refractivity contribution in [3.63, 3.8) is 0 Å². The van der Waals surface area contributed by atoms with Crippen LogP contribution in [0.15, 0.2) is 18.2 Å². The first-order chi connectivity index (χ1) is 13.1. The van der Waals surface area contributed by atoms with Crippen LogP contribution in [0.5, 0.6) is 0 Å². The number of amides is 1. The molecule has 0 fully saturated rings. The number of benzene rings is 1. The lowest BCUT2D eigenvalue weighted by atomic mass is 10.1. The van der Waals surface area contributed by atoms with E-state index in [0.717, 1.165) is 69.4 Å². The summed E-state index contributed by atoms with van der Waals surface area (Å²) in [6.07, 6.45) is 7.55. The Morgan fingerprint density at radius 3 is 2.52 bits per heavy atom. The second-order valence-corrected chi connectivity index (χ2v) is 7.20. The summed E-state index contributed by atoms with van der Waals surface area (Å²) < 4.78 is 2.22. The molecule has 0 unspecified atom stereocenters. The average Bonchev–Trinajstić information content (AvgIpc) is 2.99. The number of anilines is 1. The van der Waals surface area contributed by atoms with Gasteiger partial charge in [0.25, 0.3) is 0 Å². The monoisotopic (exact) mass is 374 g/mol. The van der Waals surface area contributed by atoms with Gasteiger partial charge in [-0.1, -0.05) is 26.7 Å². The highest BCUT2D eigenvalue weighted by molar-refractivity contribution is 5.80. The molecule has 1 aromatic carbocycles. The molecule has 1 aromatic heterocycles. The van der Waals surface area contributed by atoms with E-state index in [1.165, 1.54) is 11.2 Å². The number of imidazole rings is 1. The standard InChI is InChI=1S/C21H34N4O2/c1-4-14-25(15-5-2)17-12-13-18-19(16-17)24(3)20(22-18)10-8-6-7-9-11-21(26)23-27/h12-13,16,27H,4-11,14-15H2,1-3H3,(H,23,26). The number of carbonyl (C=O) groups is 1. The molecule has 0 saturated heterocycles. The van der Waals surface area contributed by atoms with Crippen LogP contribution in [-0.2, 0) is 18.3 Å². The average molecular weight is 375 g/mol. The summed E-state index contributed by atoms with van der Waals surface area (Å²) in [6.45, 7) is 6.61. The number of nitrogens with zero attached hydrogens (tertiary/aromatic N) is 3. The van der Waals surface area contributed by atoms with Gasteiger partial charge in [0.05, 0.1) is 11.0 Å². The highest BCUT2D eigenvalue weighted by atomic mass is 16.5. The van der Waals surface area contributed by atoms with Crippen molar-refractivity contribution >= 4 is 22.6 Å². The van der Waals surface area contributed by atoms with Gasteiger partial charge in [0.1, 0.15) is 5.82 Å². The number of hydrogen-bond donors (Lipinski definition) is 2. The van der Waals surface area contributed by atoms with Gasteiger partial charge in [0, 0.05) is 38.7 Å². The maximum absolute atomic E-state index is 11.0. The summed E-state index contributed by atoms with van der Waals surface area (Å²) >= 11 is 0. The molecule has 0 aliphatic heterocycles. The third kappa shape index (κ3) is 5.96. The first-order valence-electron chi connectivity index (χ1n) is 10.2. The Labute approximate surface area is 162 Å². The van der Waals surface area contributed by atoms with Gasteiger partial charge in [-0.05, 0) is 43.9 Å². The van der Waals surface area contributed by atoms with Crippen LogP contribution in [0.2, 0.25) is 0 Å². The summed E-state index contributed by atoms with van der Waals surface area (Å²) in [4.78, 5) is 18.3. The predicted molar refractivity (Wildman–Crippen MR) is 110 cm³/mol. The van der Waals surface area contributed by atoms with Crippen LogP contribution in [0.1, 0.15) is 64.6 Å². The van der Waals surface area contributed by atoms with E-state index in [4.69, 9.17) is 10.2 Å². The Kier molecular flexibility index (Phi) is 8.58. The molecule has 2 rings (SSSR count). The molecule has 1 amide bonds. The Morgan fingerprint density at radius 1 is 1.15 bits per heavy atom. The normalized spacial score (nSPS) is 11.1. The fourth-order valence-electron chi connectivity index (χ4n) is 3.54. The third-order valence-corrected chi connectivity index (χ3v) is 4.99. The molecule has 2 N–H and O–H groups in total. The number of carbonyl (C=O) groups excluding carboxylic acids is 1. The quantitative estimate of drug-likeness (QED) is 0.332. The van der Waals surface area contributed by atoms with E-state index in [1.54, 1.807) is 5.48 Å². The molecule has 6 heteroatoms. The lowest BCUT2D eigenvalue weighted by molar-refractivity contribution is -0.129. The lowest BCUT2D eigenvalue weighted by Gasteiger charge is -2.23. The smallest absolute Gasteiger partial charge is 0.243 e. The molecule has 1 heterocycles. The lowest BCUT2D eigenvalue weighted by Crippen LogP contribution is -2.24. The van der Waals surface area contributed by atoms with Gasteiger partial charge in [0.15, 0.2) is 0 Å². The molecular formula is C21H34N4O2. The first kappa shape index (κ1) is 21.2. The highest BCUT2D eigenvalue weighted by Crippen LogP contribution is 2.24.